The zero-order valence-corrected chi connectivity index (χ0v) is 25.0. The van der Waals surface area contributed by atoms with Gasteiger partial charge in [-0.3, -0.25) is 0 Å². The van der Waals surface area contributed by atoms with Crippen molar-refractivity contribution >= 4 is 43.1 Å². The maximum absolute atomic E-state index is 10.0. The van der Waals surface area contributed by atoms with Gasteiger partial charge in [-0.2, -0.15) is 0 Å². The summed E-state index contributed by atoms with van der Waals surface area (Å²) in [5.41, 5.74) is 3.56. The third-order valence-corrected chi connectivity index (χ3v) is 8.76. The van der Waals surface area contributed by atoms with Crippen LogP contribution in [0.2, 0.25) is 0 Å². The van der Waals surface area contributed by atoms with E-state index in [1.165, 1.54) is 0 Å². The molecule has 4 heteroatoms. The van der Waals surface area contributed by atoms with E-state index >= 15 is 0 Å². The normalized spacial score (nSPS) is 11.4. The van der Waals surface area contributed by atoms with Gasteiger partial charge >= 0.3 is 0 Å². The van der Waals surface area contributed by atoms with Crippen molar-refractivity contribution in [2.45, 2.75) is 13.2 Å². The second kappa shape index (κ2) is 11.7. The molecule has 8 rings (SSSR count). The van der Waals surface area contributed by atoms with Crippen molar-refractivity contribution in [1.82, 2.24) is 0 Å². The molecule has 0 radical (unpaired) electrons. The van der Waals surface area contributed by atoms with Gasteiger partial charge < -0.3 is 19.7 Å². The van der Waals surface area contributed by atoms with Crippen LogP contribution in [0.1, 0.15) is 11.1 Å². The Labute approximate surface area is 266 Å². The van der Waals surface area contributed by atoms with Crippen LogP contribution in [-0.4, -0.2) is 10.2 Å². The highest BCUT2D eigenvalue weighted by Crippen LogP contribution is 2.48. The Bertz CT molecular complexity index is 2240. The van der Waals surface area contributed by atoms with Crippen molar-refractivity contribution < 1.29 is 19.7 Å². The van der Waals surface area contributed by atoms with Crippen LogP contribution in [0.3, 0.4) is 0 Å². The van der Waals surface area contributed by atoms with Crippen LogP contribution in [-0.2, 0) is 13.2 Å². The third-order valence-electron chi connectivity index (χ3n) is 8.76. The van der Waals surface area contributed by atoms with E-state index in [0.29, 0.717) is 23.0 Å². The molecule has 0 amide bonds. The lowest BCUT2D eigenvalue weighted by atomic mass is 9.92. The number of aliphatic hydroxyl groups excluding tert-OH is 2. The highest BCUT2D eigenvalue weighted by molar-refractivity contribution is 6.10. The van der Waals surface area contributed by atoms with Gasteiger partial charge in [0.05, 0.1) is 13.2 Å². The maximum Gasteiger partial charge on any atom is 0.136 e. The van der Waals surface area contributed by atoms with Crippen LogP contribution in [0.15, 0.2) is 146 Å². The van der Waals surface area contributed by atoms with Gasteiger partial charge in [-0.1, -0.05) is 121 Å². The average molecular weight is 599 g/mol. The molecule has 46 heavy (non-hydrogen) atoms. The van der Waals surface area contributed by atoms with Gasteiger partial charge in [0.1, 0.15) is 23.0 Å². The summed E-state index contributed by atoms with van der Waals surface area (Å²) in [7, 11) is 0. The van der Waals surface area contributed by atoms with Gasteiger partial charge in [0.2, 0.25) is 0 Å². The molecule has 2 N–H and O–H groups in total. The molecule has 0 aromatic heterocycles. The molecule has 0 atom stereocenters. The molecule has 0 spiro atoms. The van der Waals surface area contributed by atoms with E-state index in [4.69, 9.17) is 9.47 Å². The molecule has 0 saturated heterocycles. The number of rotatable bonds is 7. The summed E-state index contributed by atoms with van der Waals surface area (Å²) in [6, 6.07) is 48.6. The lowest BCUT2D eigenvalue weighted by Crippen LogP contribution is -1.97. The quantitative estimate of drug-likeness (QED) is 0.192. The van der Waals surface area contributed by atoms with E-state index < -0.39 is 0 Å². The van der Waals surface area contributed by atoms with Crippen LogP contribution >= 0.6 is 0 Å². The summed E-state index contributed by atoms with van der Waals surface area (Å²) in [6.07, 6.45) is 0. The van der Waals surface area contributed by atoms with E-state index in [1.54, 1.807) is 0 Å². The number of benzene rings is 8. The maximum atomic E-state index is 10.0. The zero-order valence-electron chi connectivity index (χ0n) is 25.0. The molecule has 8 aromatic carbocycles. The highest BCUT2D eigenvalue weighted by Gasteiger charge is 2.21. The smallest absolute Gasteiger partial charge is 0.136 e. The lowest BCUT2D eigenvalue weighted by Gasteiger charge is -2.21. The lowest BCUT2D eigenvalue weighted by molar-refractivity contribution is 0.283. The minimum atomic E-state index is -0.0489. The van der Waals surface area contributed by atoms with Crippen LogP contribution in [0.25, 0.3) is 54.2 Å². The fraction of sp³-hybridized carbons (Fsp3) is 0.0476. The molecule has 0 fully saturated rings. The van der Waals surface area contributed by atoms with E-state index in [1.807, 2.05) is 109 Å². The van der Waals surface area contributed by atoms with Gasteiger partial charge in [0.15, 0.2) is 0 Å². The first kappa shape index (κ1) is 27.8. The number of ether oxygens (including phenoxy) is 2. The van der Waals surface area contributed by atoms with Gasteiger partial charge in [0.25, 0.3) is 0 Å². The van der Waals surface area contributed by atoms with E-state index in [-0.39, 0.29) is 13.2 Å². The van der Waals surface area contributed by atoms with Crippen LogP contribution < -0.4 is 9.47 Å². The molecular formula is C42H30O4. The van der Waals surface area contributed by atoms with Crippen molar-refractivity contribution in [2.75, 3.05) is 0 Å². The summed E-state index contributed by atoms with van der Waals surface area (Å²) in [5, 5.41) is 28.0. The summed E-state index contributed by atoms with van der Waals surface area (Å²) < 4.78 is 13.7. The molecule has 222 valence electrons. The summed E-state index contributed by atoms with van der Waals surface area (Å²) in [6.45, 7) is -0.0978. The zero-order chi connectivity index (χ0) is 31.0. The van der Waals surface area contributed by atoms with Crippen molar-refractivity contribution in [3.63, 3.8) is 0 Å². The number of hydrogen-bond acceptors (Lipinski definition) is 4. The predicted octanol–water partition coefficient (Wildman–Crippen LogP) is 10.5. The number of aliphatic hydroxyl groups is 2. The summed E-state index contributed by atoms with van der Waals surface area (Å²) in [4.78, 5) is 0. The second-order valence-corrected chi connectivity index (χ2v) is 11.4. The Hall–Kier alpha value is -5.68. The first-order valence-corrected chi connectivity index (χ1v) is 15.4. The summed E-state index contributed by atoms with van der Waals surface area (Å²) in [5.74, 6) is 2.81. The van der Waals surface area contributed by atoms with Crippen molar-refractivity contribution in [1.29, 1.82) is 0 Å². The fourth-order valence-electron chi connectivity index (χ4n) is 6.55. The average Bonchev–Trinajstić information content (AvgIpc) is 3.12. The van der Waals surface area contributed by atoms with Gasteiger partial charge in [-0.15, -0.1) is 0 Å². The Morgan fingerprint density at radius 2 is 0.674 bits per heavy atom. The molecule has 0 heterocycles. The molecule has 0 unspecified atom stereocenters. The molecule has 0 aliphatic heterocycles. The Morgan fingerprint density at radius 3 is 1.09 bits per heavy atom. The third kappa shape index (κ3) is 4.72. The van der Waals surface area contributed by atoms with Gasteiger partial charge in [-0.25, -0.2) is 0 Å². The molecular weight excluding hydrogens is 568 g/mol. The number of hydrogen-bond donors (Lipinski definition) is 2. The van der Waals surface area contributed by atoms with E-state index in [0.717, 1.165) is 65.3 Å². The molecule has 0 saturated carbocycles. The molecule has 0 bridgehead atoms. The van der Waals surface area contributed by atoms with Crippen molar-refractivity contribution in [3.8, 4) is 34.1 Å². The van der Waals surface area contributed by atoms with E-state index in [2.05, 4.69) is 36.4 Å². The monoisotopic (exact) mass is 598 g/mol. The first-order valence-electron chi connectivity index (χ1n) is 15.4. The van der Waals surface area contributed by atoms with Gasteiger partial charge in [0, 0.05) is 21.9 Å². The minimum absolute atomic E-state index is 0.0489. The molecule has 8 aromatic rings. The second-order valence-electron chi connectivity index (χ2n) is 11.4. The fourth-order valence-corrected chi connectivity index (χ4v) is 6.55. The Kier molecular flexibility index (Phi) is 7.07. The topological polar surface area (TPSA) is 58.9 Å². The molecule has 4 nitrogen and oxygen atoms in total. The van der Waals surface area contributed by atoms with E-state index in [9.17, 15) is 10.2 Å². The minimum Gasteiger partial charge on any atom is -0.456 e. The Balaban J connectivity index is 1.39. The van der Waals surface area contributed by atoms with Crippen LogP contribution in [0.4, 0.5) is 0 Å². The SMILES string of the molecule is OCc1ccc(Oc2ccc3ccccc3c2-c2c(Oc3ccc(CO)c4ccccc34)ccc3ccccc23)c2ccccc12. The predicted molar refractivity (Wildman–Crippen MR) is 187 cm³/mol. The van der Waals surface area contributed by atoms with Crippen molar-refractivity contribution in [3.05, 3.63) is 157 Å². The number of fused-ring (bicyclic) bond motifs is 4. The highest BCUT2D eigenvalue weighted by atomic mass is 16.5. The van der Waals surface area contributed by atoms with Crippen molar-refractivity contribution in [2.24, 2.45) is 0 Å². The van der Waals surface area contributed by atoms with Crippen LogP contribution in [0.5, 0.6) is 23.0 Å². The molecule has 0 aliphatic carbocycles. The van der Waals surface area contributed by atoms with Gasteiger partial charge in [-0.05, 0) is 67.7 Å². The first-order chi connectivity index (χ1) is 22.7. The Morgan fingerprint density at radius 1 is 0.326 bits per heavy atom. The molecule has 0 aliphatic rings. The summed E-state index contributed by atoms with van der Waals surface area (Å²) >= 11 is 0. The standard InChI is InChI=1S/C42H30O4/c43-25-29-19-21-37(35-15-7-5-11-31(29)35)45-39-23-17-27-9-1-3-13-33(27)41(39)42-34-14-4-2-10-28(34)18-24-40(42)46-38-22-20-30(26-44)32-12-6-8-16-36(32)38/h1-24,43-44H,25-26H2. The van der Waals surface area contributed by atoms with Crippen LogP contribution in [0, 0.1) is 0 Å². The largest absolute Gasteiger partial charge is 0.456 e.